The summed E-state index contributed by atoms with van der Waals surface area (Å²) in [6.45, 7) is 0. The number of rotatable bonds is 2. The van der Waals surface area contributed by atoms with E-state index in [0.717, 1.165) is 0 Å². The first-order valence-corrected chi connectivity index (χ1v) is 5.07. The van der Waals surface area contributed by atoms with Crippen molar-refractivity contribution in [1.29, 1.82) is 5.26 Å². The molecule has 78 valence electrons. The zero-order valence-electron chi connectivity index (χ0n) is 8.29. The van der Waals surface area contributed by atoms with Crippen LogP contribution in [0.15, 0.2) is 47.5 Å². The van der Waals surface area contributed by atoms with Crippen LogP contribution in [0.3, 0.4) is 0 Å². The largest absolute Gasteiger partial charge is 0.456 e. The van der Waals surface area contributed by atoms with E-state index >= 15 is 0 Å². The number of aromatic nitrogens is 1. The van der Waals surface area contributed by atoms with Crippen LogP contribution >= 0.6 is 12.6 Å². The number of ether oxygens (including phenoxy) is 1. The molecule has 0 radical (unpaired) electrons. The third-order valence-corrected chi connectivity index (χ3v) is 2.40. The summed E-state index contributed by atoms with van der Waals surface area (Å²) in [6.07, 6.45) is 1.52. The topological polar surface area (TPSA) is 45.9 Å². The van der Waals surface area contributed by atoms with Crippen LogP contribution in [0.5, 0.6) is 11.5 Å². The summed E-state index contributed by atoms with van der Waals surface area (Å²) in [5.41, 5.74) is 0.261. The fourth-order valence-electron chi connectivity index (χ4n) is 1.22. The summed E-state index contributed by atoms with van der Waals surface area (Å²) in [6, 6.07) is 13.0. The standard InChI is InChI=1S/C12H8N2OS/c13-8-10-12(16)11(6-7-14-10)15-9-4-2-1-3-5-9/h1-7,16H. The molecule has 0 unspecified atom stereocenters. The van der Waals surface area contributed by atoms with Gasteiger partial charge in [-0.15, -0.1) is 12.6 Å². The smallest absolute Gasteiger partial charge is 0.157 e. The quantitative estimate of drug-likeness (QED) is 0.803. The lowest BCUT2D eigenvalue weighted by molar-refractivity contribution is 0.469. The van der Waals surface area contributed by atoms with Gasteiger partial charge in [0, 0.05) is 12.3 Å². The average Bonchev–Trinajstić information content (AvgIpc) is 2.33. The maximum Gasteiger partial charge on any atom is 0.157 e. The average molecular weight is 228 g/mol. The van der Waals surface area contributed by atoms with E-state index in [0.29, 0.717) is 16.4 Å². The van der Waals surface area contributed by atoms with E-state index in [1.807, 2.05) is 36.4 Å². The number of hydrogen-bond acceptors (Lipinski definition) is 4. The van der Waals surface area contributed by atoms with Gasteiger partial charge >= 0.3 is 0 Å². The molecule has 0 N–H and O–H groups in total. The lowest BCUT2D eigenvalue weighted by atomic mass is 10.3. The molecule has 0 spiro atoms. The van der Waals surface area contributed by atoms with Crippen molar-refractivity contribution >= 4 is 12.6 Å². The Morgan fingerprint density at radius 2 is 1.94 bits per heavy atom. The van der Waals surface area contributed by atoms with Crippen LogP contribution in [0.4, 0.5) is 0 Å². The Labute approximate surface area is 98.7 Å². The van der Waals surface area contributed by atoms with Gasteiger partial charge in [0.05, 0.1) is 4.90 Å². The first-order chi connectivity index (χ1) is 7.81. The predicted molar refractivity (Wildman–Crippen MR) is 62.7 cm³/mol. The highest BCUT2D eigenvalue weighted by Crippen LogP contribution is 2.28. The molecule has 1 aromatic carbocycles. The Hall–Kier alpha value is -1.99. The highest BCUT2D eigenvalue weighted by atomic mass is 32.1. The van der Waals surface area contributed by atoms with Gasteiger partial charge < -0.3 is 4.74 Å². The zero-order chi connectivity index (χ0) is 11.4. The summed E-state index contributed by atoms with van der Waals surface area (Å²) < 4.78 is 5.58. The van der Waals surface area contributed by atoms with E-state index < -0.39 is 0 Å². The number of nitrogens with zero attached hydrogens (tertiary/aromatic N) is 2. The van der Waals surface area contributed by atoms with Crippen molar-refractivity contribution in [3.63, 3.8) is 0 Å². The maximum atomic E-state index is 8.79. The summed E-state index contributed by atoms with van der Waals surface area (Å²) in [5, 5.41) is 8.79. The lowest BCUT2D eigenvalue weighted by Crippen LogP contribution is -1.90. The van der Waals surface area contributed by atoms with Gasteiger partial charge in [-0.05, 0) is 12.1 Å². The van der Waals surface area contributed by atoms with Gasteiger partial charge in [-0.3, -0.25) is 0 Å². The number of hydrogen-bond donors (Lipinski definition) is 1. The molecule has 1 aromatic heterocycles. The highest BCUT2D eigenvalue weighted by molar-refractivity contribution is 7.80. The third-order valence-electron chi connectivity index (χ3n) is 1.96. The molecule has 3 nitrogen and oxygen atoms in total. The van der Waals surface area contributed by atoms with Gasteiger partial charge in [0.2, 0.25) is 0 Å². The Bertz CT molecular complexity index is 534. The van der Waals surface area contributed by atoms with Crippen LogP contribution in [0.25, 0.3) is 0 Å². The minimum Gasteiger partial charge on any atom is -0.456 e. The van der Waals surface area contributed by atoms with Crippen molar-refractivity contribution in [2.24, 2.45) is 0 Å². The second-order valence-electron chi connectivity index (χ2n) is 3.03. The molecule has 1 heterocycles. The van der Waals surface area contributed by atoms with Crippen molar-refractivity contribution in [2.45, 2.75) is 4.90 Å². The fraction of sp³-hybridized carbons (Fsp3) is 0. The Balaban J connectivity index is 2.33. The Morgan fingerprint density at radius 3 is 2.62 bits per heavy atom. The number of thiol groups is 1. The minimum absolute atomic E-state index is 0.261. The van der Waals surface area contributed by atoms with Crippen LogP contribution in [0.1, 0.15) is 5.69 Å². The van der Waals surface area contributed by atoms with E-state index in [9.17, 15) is 0 Å². The Morgan fingerprint density at radius 1 is 1.19 bits per heavy atom. The predicted octanol–water partition coefficient (Wildman–Crippen LogP) is 3.03. The first-order valence-electron chi connectivity index (χ1n) is 4.62. The van der Waals surface area contributed by atoms with Crippen LogP contribution in [0, 0.1) is 11.3 Å². The van der Waals surface area contributed by atoms with E-state index in [4.69, 9.17) is 10.00 Å². The monoisotopic (exact) mass is 228 g/mol. The summed E-state index contributed by atoms with van der Waals surface area (Å²) in [7, 11) is 0. The molecule has 0 saturated heterocycles. The van der Waals surface area contributed by atoms with Crippen LogP contribution < -0.4 is 4.74 Å². The molecule has 16 heavy (non-hydrogen) atoms. The minimum atomic E-state index is 0.261. The molecule has 2 rings (SSSR count). The molecule has 0 aliphatic carbocycles. The zero-order valence-corrected chi connectivity index (χ0v) is 9.19. The van der Waals surface area contributed by atoms with Crippen molar-refractivity contribution < 1.29 is 4.74 Å². The third kappa shape index (κ3) is 2.15. The van der Waals surface area contributed by atoms with Gasteiger partial charge in [0.25, 0.3) is 0 Å². The van der Waals surface area contributed by atoms with E-state index in [1.54, 1.807) is 6.07 Å². The van der Waals surface area contributed by atoms with E-state index in [1.165, 1.54) is 6.20 Å². The van der Waals surface area contributed by atoms with Crippen LogP contribution in [-0.2, 0) is 0 Å². The van der Waals surface area contributed by atoms with Crippen molar-refractivity contribution in [2.75, 3.05) is 0 Å². The SMILES string of the molecule is N#Cc1nccc(Oc2ccccc2)c1S. The molecule has 2 aromatic rings. The van der Waals surface area contributed by atoms with Crippen molar-refractivity contribution in [3.8, 4) is 17.6 Å². The number of benzene rings is 1. The molecular formula is C12H8N2OS. The summed E-state index contributed by atoms with van der Waals surface area (Å²) in [4.78, 5) is 4.33. The molecule has 0 fully saturated rings. The highest BCUT2D eigenvalue weighted by Gasteiger charge is 2.07. The molecule has 0 aliphatic rings. The lowest BCUT2D eigenvalue weighted by Gasteiger charge is -2.07. The van der Waals surface area contributed by atoms with Gasteiger partial charge in [-0.2, -0.15) is 5.26 Å². The summed E-state index contributed by atoms with van der Waals surface area (Å²) in [5.74, 6) is 1.23. The van der Waals surface area contributed by atoms with Crippen LogP contribution in [-0.4, -0.2) is 4.98 Å². The fourth-order valence-corrected chi connectivity index (χ4v) is 1.44. The van der Waals surface area contributed by atoms with Gasteiger partial charge in [-0.1, -0.05) is 18.2 Å². The molecular weight excluding hydrogens is 220 g/mol. The van der Waals surface area contributed by atoms with Gasteiger partial charge in [-0.25, -0.2) is 4.98 Å². The number of pyridine rings is 1. The molecule has 0 amide bonds. The van der Waals surface area contributed by atoms with Gasteiger partial charge in [0.15, 0.2) is 5.69 Å². The summed E-state index contributed by atoms with van der Waals surface area (Å²) >= 11 is 4.21. The number of para-hydroxylation sites is 1. The molecule has 0 saturated carbocycles. The van der Waals surface area contributed by atoms with Crippen molar-refractivity contribution in [3.05, 3.63) is 48.3 Å². The van der Waals surface area contributed by atoms with Crippen molar-refractivity contribution in [1.82, 2.24) is 4.98 Å². The first kappa shape index (κ1) is 10.5. The molecule has 0 atom stereocenters. The second kappa shape index (κ2) is 4.69. The maximum absolute atomic E-state index is 8.79. The second-order valence-corrected chi connectivity index (χ2v) is 3.48. The normalized spacial score (nSPS) is 9.50. The van der Waals surface area contributed by atoms with E-state index in [2.05, 4.69) is 17.6 Å². The molecule has 0 bridgehead atoms. The van der Waals surface area contributed by atoms with E-state index in [-0.39, 0.29) is 5.69 Å². The van der Waals surface area contributed by atoms with Gasteiger partial charge in [0.1, 0.15) is 17.6 Å². The molecule has 4 heteroatoms. The molecule has 0 aliphatic heterocycles. The Kier molecular flexibility index (Phi) is 3.08. The van der Waals surface area contributed by atoms with Crippen LogP contribution in [0.2, 0.25) is 0 Å². The number of nitriles is 1.